The molecule has 4 heteroatoms. The average Bonchev–Trinajstić information content (AvgIpc) is 2.47. The molecule has 2 rings (SSSR count). The Bertz CT molecular complexity index is 582. The molecular weight excluding hydrogens is 254 g/mol. The van der Waals surface area contributed by atoms with Crippen LogP contribution in [0.3, 0.4) is 0 Å². The topological polar surface area (TPSA) is 58.6 Å². The van der Waals surface area contributed by atoms with Gasteiger partial charge in [0.05, 0.1) is 12.1 Å². The summed E-state index contributed by atoms with van der Waals surface area (Å²) >= 11 is 0. The third-order valence-electron chi connectivity index (χ3n) is 2.88. The molecule has 0 bridgehead atoms. The van der Waals surface area contributed by atoms with Crippen molar-refractivity contribution in [1.82, 2.24) is 5.32 Å². The van der Waals surface area contributed by atoms with E-state index in [9.17, 15) is 9.90 Å². The number of ether oxygens (including phenoxy) is 1. The number of carbonyl (C=O) groups excluding carboxylic acids is 1. The number of phenols is 1. The lowest BCUT2D eigenvalue weighted by atomic mass is 10.1. The molecule has 0 aliphatic carbocycles. The van der Waals surface area contributed by atoms with Crippen molar-refractivity contribution in [1.29, 1.82) is 0 Å². The number of aromatic hydroxyl groups is 1. The lowest BCUT2D eigenvalue weighted by Gasteiger charge is -2.09. The SMILES string of the molecule is Cc1cccc(C(=O)NCCOc2ccccc2)c1O. The van der Waals surface area contributed by atoms with E-state index in [-0.39, 0.29) is 17.2 Å². The number of carbonyl (C=O) groups is 1. The normalized spacial score (nSPS) is 10.1. The second-order valence-corrected chi connectivity index (χ2v) is 4.39. The zero-order valence-corrected chi connectivity index (χ0v) is 11.3. The molecule has 4 nitrogen and oxygen atoms in total. The number of hydrogen-bond donors (Lipinski definition) is 2. The first-order valence-electron chi connectivity index (χ1n) is 6.43. The maximum absolute atomic E-state index is 11.9. The molecule has 2 aromatic carbocycles. The Hall–Kier alpha value is -2.49. The van der Waals surface area contributed by atoms with Crippen molar-refractivity contribution >= 4 is 5.91 Å². The van der Waals surface area contributed by atoms with Gasteiger partial charge in [0.15, 0.2) is 0 Å². The molecule has 0 unspecified atom stereocenters. The van der Waals surface area contributed by atoms with E-state index in [1.165, 1.54) is 0 Å². The van der Waals surface area contributed by atoms with E-state index >= 15 is 0 Å². The lowest BCUT2D eigenvalue weighted by molar-refractivity contribution is 0.0944. The fourth-order valence-corrected chi connectivity index (χ4v) is 1.79. The van der Waals surface area contributed by atoms with Gasteiger partial charge in [-0.1, -0.05) is 30.3 Å². The Morgan fingerprint density at radius 3 is 2.65 bits per heavy atom. The van der Waals surface area contributed by atoms with E-state index in [0.717, 1.165) is 5.75 Å². The standard InChI is InChI=1S/C16H17NO3/c1-12-6-5-9-14(15(12)18)16(19)17-10-11-20-13-7-3-2-4-8-13/h2-9,18H,10-11H2,1H3,(H,17,19). The van der Waals surface area contributed by atoms with Crippen LogP contribution < -0.4 is 10.1 Å². The van der Waals surface area contributed by atoms with Gasteiger partial charge in [-0.2, -0.15) is 0 Å². The molecule has 2 N–H and O–H groups in total. The highest BCUT2D eigenvalue weighted by molar-refractivity contribution is 5.97. The van der Waals surface area contributed by atoms with Gasteiger partial charge in [-0.05, 0) is 30.7 Å². The van der Waals surface area contributed by atoms with Crippen LogP contribution in [0.25, 0.3) is 0 Å². The first-order valence-corrected chi connectivity index (χ1v) is 6.43. The summed E-state index contributed by atoms with van der Waals surface area (Å²) in [6.45, 7) is 2.51. The van der Waals surface area contributed by atoms with Gasteiger partial charge >= 0.3 is 0 Å². The summed E-state index contributed by atoms with van der Waals surface area (Å²) in [5, 5.41) is 12.5. The third-order valence-corrected chi connectivity index (χ3v) is 2.88. The van der Waals surface area contributed by atoms with Crippen LogP contribution in [-0.2, 0) is 0 Å². The summed E-state index contributed by atoms with van der Waals surface area (Å²) in [7, 11) is 0. The molecule has 2 aromatic rings. The van der Waals surface area contributed by atoms with Gasteiger partial charge in [-0.15, -0.1) is 0 Å². The van der Waals surface area contributed by atoms with E-state index in [1.54, 1.807) is 25.1 Å². The largest absolute Gasteiger partial charge is 0.507 e. The molecule has 0 spiro atoms. The number of phenolic OH excluding ortho intramolecular Hbond substituents is 1. The van der Waals surface area contributed by atoms with Gasteiger partial charge < -0.3 is 15.2 Å². The number of aryl methyl sites for hydroxylation is 1. The predicted molar refractivity (Wildman–Crippen MR) is 77.1 cm³/mol. The van der Waals surface area contributed by atoms with Crippen LogP contribution in [-0.4, -0.2) is 24.2 Å². The van der Waals surface area contributed by atoms with Crippen molar-refractivity contribution in [3.8, 4) is 11.5 Å². The van der Waals surface area contributed by atoms with Gasteiger partial charge in [0.25, 0.3) is 5.91 Å². The first-order chi connectivity index (χ1) is 9.68. The van der Waals surface area contributed by atoms with Crippen LogP contribution in [0.4, 0.5) is 0 Å². The summed E-state index contributed by atoms with van der Waals surface area (Å²) < 4.78 is 5.47. The molecule has 1 amide bonds. The Balaban J connectivity index is 1.82. The van der Waals surface area contributed by atoms with Crippen LogP contribution >= 0.6 is 0 Å². The molecule has 0 saturated heterocycles. The molecule has 0 aromatic heterocycles. The maximum atomic E-state index is 11.9. The van der Waals surface area contributed by atoms with Crippen molar-refractivity contribution in [3.63, 3.8) is 0 Å². The van der Waals surface area contributed by atoms with Crippen LogP contribution in [0.1, 0.15) is 15.9 Å². The highest BCUT2D eigenvalue weighted by atomic mass is 16.5. The van der Waals surface area contributed by atoms with Crippen LogP contribution in [0, 0.1) is 6.92 Å². The van der Waals surface area contributed by atoms with E-state index < -0.39 is 0 Å². The number of amides is 1. The molecular formula is C16H17NO3. The van der Waals surface area contributed by atoms with Crippen LogP contribution in [0.15, 0.2) is 48.5 Å². The fraction of sp³-hybridized carbons (Fsp3) is 0.188. The molecule has 0 aliphatic heterocycles. The van der Waals surface area contributed by atoms with Crippen molar-refractivity contribution in [2.75, 3.05) is 13.2 Å². The molecule has 104 valence electrons. The van der Waals surface area contributed by atoms with Crippen LogP contribution in [0.2, 0.25) is 0 Å². The van der Waals surface area contributed by atoms with Crippen molar-refractivity contribution < 1.29 is 14.6 Å². The summed E-state index contributed by atoms with van der Waals surface area (Å²) in [5.74, 6) is 0.483. The molecule has 0 fully saturated rings. The monoisotopic (exact) mass is 271 g/mol. The Labute approximate surface area is 118 Å². The summed E-state index contributed by atoms with van der Waals surface area (Å²) in [5.41, 5.74) is 0.961. The summed E-state index contributed by atoms with van der Waals surface area (Å²) in [6.07, 6.45) is 0. The van der Waals surface area contributed by atoms with Gasteiger partial charge in [-0.3, -0.25) is 4.79 Å². The molecule has 0 aliphatic rings. The van der Waals surface area contributed by atoms with E-state index in [2.05, 4.69) is 5.32 Å². The Kier molecular flexibility index (Phi) is 4.60. The minimum Gasteiger partial charge on any atom is -0.507 e. The van der Waals surface area contributed by atoms with E-state index in [4.69, 9.17) is 4.74 Å². The first kappa shape index (κ1) is 13.9. The molecule has 0 heterocycles. The second kappa shape index (κ2) is 6.61. The number of rotatable bonds is 5. The van der Waals surface area contributed by atoms with Crippen molar-refractivity contribution in [3.05, 3.63) is 59.7 Å². The quantitative estimate of drug-likeness (QED) is 0.821. The minimum atomic E-state index is -0.303. The van der Waals surface area contributed by atoms with Crippen molar-refractivity contribution in [2.24, 2.45) is 0 Å². The zero-order chi connectivity index (χ0) is 14.4. The number of para-hydroxylation sites is 2. The summed E-state index contributed by atoms with van der Waals surface area (Å²) in [4.78, 5) is 11.9. The number of hydrogen-bond acceptors (Lipinski definition) is 3. The average molecular weight is 271 g/mol. The highest BCUT2D eigenvalue weighted by Gasteiger charge is 2.11. The lowest BCUT2D eigenvalue weighted by Crippen LogP contribution is -2.28. The van der Waals surface area contributed by atoms with Crippen molar-refractivity contribution in [2.45, 2.75) is 6.92 Å². The predicted octanol–water partition coefficient (Wildman–Crippen LogP) is 2.51. The molecule has 20 heavy (non-hydrogen) atoms. The fourth-order valence-electron chi connectivity index (χ4n) is 1.79. The second-order valence-electron chi connectivity index (χ2n) is 4.39. The Morgan fingerprint density at radius 2 is 1.90 bits per heavy atom. The van der Waals surface area contributed by atoms with E-state index in [0.29, 0.717) is 18.7 Å². The van der Waals surface area contributed by atoms with Gasteiger partial charge in [0.1, 0.15) is 18.1 Å². The zero-order valence-electron chi connectivity index (χ0n) is 11.3. The van der Waals surface area contributed by atoms with Gasteiger partial charge in [0, 0.05) is 0 Å². The summed E-state index contributed by atoms with van der Waals surface area (Å²) in [6, 6.07) is 14.5. The minimum absolute atomic E-state index is 0.0222. The molecule has 0 atom stereocenters. The highest BCUT2D eigenvalue weighted by Crippen LogP contribution is 2.20. The van der Waals surface area contributed by atoms with Gasteiger partial charge in [-0.25, -0.2) is 0 Å². The van der Waals surface area contributed by atoms with Gasteiger partial charge in [0.2, 0.25) is 0 Å². The van der Waals surface area contributed by atoms with Crippen LogP contribution in [0.5, 0.6) is 11.5 Å². The molecule has 0 saturated carbocycles. The third kappa shape index (κ3) is 3.51. The number of nitrogens with one attached hydrogen (secondary N) is 1. The number of benzene rings is 2. The smallest absolute Gasteiger partial charge is 0.255 e. The maximum Gasteiger partial charge on any atom is 0.255 e. The Morgan fingerprint density at radius 1 is 1.15 bits per heavy atom. The molecule has 0 radical (unpaired) electrons. The van der Waals surface area contributed by atoms with E-state index in [1.807, 2.05) is 30.3 Å².